The summed E-state index contributed by atoms with van der Waals surface area (Å²) in [6, 6.07) is 13.8. The zero-order chi connectivity index (χ0) is 13.1. The number of hydrogen-bond acceptors (Lipinski definition) is 2. The van der Waals surface area contributed by atoms with Gasteiger partial charge in [-0.25, -0.2) is 0 Å². The molecule has 0 spiro atoms. The van der Waals surface area contributed by atoms with Crippen LogP contribution in [0.1, 0.15) is 29.7 Å². The first-order valence-corrected chi connectivity index (χ1v) is 6.19. The molecule has 0 radical (unpaired) electrons. The van der Waals surface area contributed by atoms with Gasteiger partial charge in [-0.3, -0.25) is 0 Å². The zero-order valence-electron chi connectivity index (χ0n) is 11.1. The molecule has 0 aliphatic carbocycles. The lowest BCUT2D eigenvalue weighted by Gasteiger charge is -2.18. The Balaban J connectivity index is 2.18. The number of hydrogen-bond donors (Lipinski definition) is 2. The smallest absolute Gasteiger partial charge is 0.115 e. The van der Waals surface area contributed by atoms with E-state index in [2.05, 4.69) is 44.3 Å². The number of phenols is 1. The van der Waals surface area contributed by atoms with Crippen molar-refractivity contribution in [1.29, 1.82) is 0 Å². The van der Waals surface area contributed by atoms with Gasteiger partial charge in [-0.05, 0) is 55.7 Å². The van der Waals surface area contributed by atoms with Crippen LogP contribution in [0.15, 0.2) is 42.5 Å². The van der Waals surface area contributed by atoms with Crippen molar-refractivity contribution in [1.82, 2.24) is 0 Å². The van der Waals surface area contributed by atoms with Gasteiger partial charge in [-0.1, -0.05) is 24.3 Å². The van der Waals surface area contributed by atoms with Crippen LogP contribution in [0, 0.1) is 13.8 Å². The molecule has 0 aromatic heterocycles. The van der Waals surface area contributed by atoms with Gasteiger partial charge in [0.15, 0.2) is 0 Å². The maximum absolute atomic E-state index is 9.29. The lowest BCUT2D eigenvalue weighted by atomic mass is 10.0. The molecule has 2 rings (SSSR count). The highest BCUT2D eigenvalue weighted by Crippen LogP contribution is 2.24. The summed E-state index contributed by atoms with van der Waals surface area (Å²) in [6.45, 7) is 6.36. The lowest BCUT2D eigenvalue weighted by Crippen LogP contribution is -2.07. The highest BCUT2D eigenvalue weighted by molar-refractivity contribution is 5.55. The molecule has 2 nitrogen and oxygen atoms in total. The van der Waals surface area contributed by atoms with Gasteiger partial charge in [0.2, 0.25) is 0 Å². The summed E-state index contributed by atoms with van der Waals surface area (Å²) in [6.07, 6.45) is 0. The van der Waals surface area contributed by atoms with E-state index in [1.807, 2.05) is 12.1 Å². The molecule has 18 heavy (non-hydrogen) atoms. The quantitative estimate of drug-likeness (QED) is 0.844. The molecule has 0 saturated carbocycles. The fraction of sp³-hybridized carbons (Fsp3) is 0.250. The van der Waals surface area contributed by atoms with Crippen molar-refractivity contribution < 1.29 is 5.11 Å². The number of rotatable bonds is 3. The van der Waals surface area contributed by atoms with E-state index in [-0.39, 0.29) is 6.04 Å². The minimum atomic E-state index is 0.214. The standard InChI is InChI=1S/C16H19NO/c1-11-5-4-6-16(12(11)2)17-13(3)14-7-9-15(18)10-8-14/h4-10,13,17-18H,1-3H3. The molecule has 2 N–H and O–H groups in total. The molecule has 2 heteroatoms. The number of benzene rings is 2. The normalized spacial score (nSPS) is 12.2. The number of aromatic hydroxyl groups is 1. The lowest BCUT2D eigenvalue weighted by molar-refractivity contribution is 0.475. The van der Waals surface area contributed by atoms with Gasteiger partial charge in [0, 0.05) is 11.7 Å². The average molecular weight is 241 g/mol. The number of anilines is 1. The molecule has 94 valence electrons. The minimum absolute atomic E-state index is 0.214. The highest BCUT2D eigenvalue weighted by atomic mass is 16.3. The van der Waals surface area contributed by atoms with E-state index < -0.39 is 0 Å². The average Bonchev–Trinajstić information content (AvgIpc) is 2.36. The van der Waals surface area contributed by atoms with Crippen molar-refractivity contribution in [2.45, 2.75) is 26.8 Å². The monoisotopic (exact) mass is 241 g/mol. The van der Waals surface area contributed by atoms with Gasteiger partial charge < -0.3 is 10.4 Å². The Hall–Kier alpha value is -1.96. The second kappa shape index (κ2) is 5.13. The molecular weight excluding hydrogens is 222 g/mol. The van der Waals surface area contributed by atoms with Crippen LogP contribution < -0.4 is 5.32 Å². The van der Waals surface area contributed by atoms with Crippen molar-refractivity contribution in [3.63, 3.8) is 0 Å². The van der Waals surface area contributed by atoms with Crippen molar-refractivity contribution in [3.8, 4) is 5.75 Å². The fourth-order valence-electron chi connectivity index (χ4n) is 1.99. The van der Waals surface area contributed by atoms with Gasteiger partial charge in [0.05, 0.1) is 0 Å². The first-order chi connectivity index (χ1) is 8.58. The molecule has 0 aliphatic rings. The van der Waals surface area contributed by atoms with E-state index in [4.69, 9.17) is 0 Å². The molecule has 0 bridgehead atoms. The van der Waals surface area contributed by atoms with Gasteiger partial charge >= 0.3 is 0 Å². The number of aryl methyl sites for hydroxylation is 1. The molecule has 1 unspecified atom stereocenters. The van der Waals surface area contributed by atoms with Crippen molar-refractivity contribution in [2.75, 3.05) is 5.32 Å². The van der Waals surface area contributed by atoms with E-state index in [1.54, 1.807) is 12.1 Å². The Morgan fingerprint density at radius 2 is 1.67 bits per heavy atom. The highest BCUT2D eigenvalue weighted by Gasteiger charge is 2.07. The van der Waals surface area contributed by atoms with E-state index >= 15 is 0 Å². The Labute approximate surface area is 108 Å². The van der Waals surface area contributed by atoms with Crippen molar-refractivity contribution >= 4 is 5.69 Å². The number of phenolic OH excluding ortho intramolecular Hbond substituents is 1. The van der Waals surface area contributed by atoms with Gasteiger partial charge in [-0.2, -0.15) is 0 Å². The van der Waals surface area contributed by atoms with Crippen LogP contribution in [0.3, 0.4) is 0 Å². The minimum Gasteiger partial charge on any atom is -0.508 e. The SMILES string of the molecule is Cc1cccc(NC(C)c2ccc(O)cc2)c1C. The second-order valence-corrected chi connectivity index (χ2v) is 4.71. The Morgan fingerprint density at radius 1 is 1.00 bits per heavy atom. The molecule has 0 aliphatic heterocycles. The molecule has 1 atom stereocenters. The molecular formula is C16H19NO. The molecule has 0 fully saturated rings. The maximum atomic E-state index is 9.29. The Bertz CT molecular complexity index is 531. The first kappa shape index (κ1) is 12.5. The van der Waals surface area contributed by atoms with Crippen LogP contribution in [0.25, 0.3) is 0 Å². The third-order valence-corrected chi connectivity index (χ3v) is 3.37. The fourth-order valence-corrected chi connectivity index (χ4v) is 1.99. The van der Waals surface area contributed by atoms with Crippen LogP contribution in [0.5, 0.6) is 5.75 Å². The Kier molecular flexibility index (Phi) is 3.56. The van der Waals surface area contributed by atoms with Crippen LogP contribution >= 0.6 is 0 Å². The van der Waals surface area contributed by atoms with Gasteiger partial charge in [-0.15, -0.1) is 0 Å². The Morgan fingerprint density at radius 3 is 2.33 bits per heavy atom. The largest absolute Gasteiger partial charge is 0.508 e. The first-order valence-electron chi connectivity index (χ1n) is 6.19. The van der Waals surface area contributed by atoms with Crippen LogP contribution in [0.2, 0.25) is 0 Å². The number of nitrogens with one attached hydrogen (secondary N) is 1. The molecule has 0 heterocycles. The van der Waals surface area contributed by atoms with Crippen molar-refractivity contribution in [3.05, 3.63) is 59.2 Å². The predicted molar refractivity (Wildman–Crippen MR) is 76.1 cm³/mol. The van der Waals surface area contributed by atoms with E-state index in [1.165, 1.54) is 11.1 Å². The molecule has 2 aromatic carbocycles. The maximum Gasteiger partial charge on any atom is 0.115 e. The topological polar surface area (TPSA) is 32.3 Å². The summed E-state index contributed by atoms with van der Waals surface area (Å²) < 4.78 is 0. The zero-order valence-corrected chi connectivity index (χ0v) is 11.1. The van der Waals surface area contributed by atoms with Crippen LogP contribution in [0.4, 0.5) is 5.69 Å². The molecule has 0 saturated heterocycles. The molecule has 0 amide bonds. The summed E-state index contributed by atoms with van der Waals surface area (Å²) in [5.74, 6) is 0.303. The van der Waals surface area contributed by atoms with E-state index in [0.29, 0.717) is 5.75 Å². The van der Waals surface area contributed by atoms with Crippen LogP contribution in [-0.2, 0) is 0 Å². The summed E-state index contributed by atoms with van der Waals surface area (Å²) in [4.78, 5) is 0. The predicted octanol–water partition coefficient (Wildman–Crippen LogP) is 4.18. The van der Waals surface area contributed by atoms with Gasteiger partial charge in [0.1, 0.15) is 5.75 Å². The third kappa shape index (κ3) is 2.65. The summed E-state index contributed by atoms with van der Waals surface area (Å²) in [7, 11) is 0. The summed E-state index contributed by atoms with van der Waals surface area (Å²) in [5.41, 5.74) is 4.89. The third-order valence-electron chi connectivity index (χ3n) is 3.37. The van der Waals surface area contributed by atoms with Gasteiger partial charge in [0.25, 0.3) is 0 Å². The van der Waals surface area contributed by atoms with E-state index in [0.717, 1.165) is 11.3 Å². The van der Waals surface area contributed by atoms with E-state index in [9.17, 15) is 5.11 Å². The van der Waals surface area contributed by atoms with Crippen LogP contribution in [-0.4, -0.2) is 5.11 Å². The summed E-state index contributed by atoms with van der Waals surface area (Å²) in [5, 5.41) is 12.8. The van der Waals surface area contributed by atoms with Crippen molar-refractivity contribution in [2.24, 2.45) is 0 Å². The second-order valence-electron chi connectivity index (χ2n) is 4.71. The summed E-state index contributed by atoms with van der Waals surface area (Å²) >= 11 is 0. The molecule has 2 aromatic rings.